The largest absolute Gasteiger partial charge is 0.504 e. The molecule has 2 aliphatic rings. The van der Waals surface area contributed by atoms with Crippen LogP contribution in [0.3, 0.4) is 0 Å². The van der Waals surface area contributed by atoms with Crippen LogP contribution in [0.25, 0.3) is 0 Å². The van der Waals surface area contributed by atoms with Gasteiger partial charge in [-0.15, -0.1) is 0 Å². The molecule has 6 unspecified atom stereocenters. The zero-order valence-corrected chi connectivity index (χ0v) is 23.4. The normalized spacial score (nSPS) is 23.1. The molecule has 17 nitrogen and oxygen atoms in total. The molecule has 6 atom stereocenters. The number of aromatic hydroxyl groups is 8. The van der Waals surface area contributed by atoms with Crippen LogP contribution in [0, 0.1) is 5.92 Å². The first-order valence-electron chi connectivity index (χ1n) is 13.2. The summed E-state index contributed by atoms with van der Waals surface area (Å²) in [6.07, 6.45) is -6.85. The molecule has 5 rings (SSSR count). The third kappa shape index (κ3) is 5.83. The van der Waals surface area contributed by atoms with Crippen molar-refractivity contribution in [2.75, 3.05) is 13.7 Å². The highest BCUT2D eigenvalue weighted by atomic mass is 16.6. The first-order chi connectivity index (χ1) is 21.7. The Kier molecular flexibility index (Phi) is 8.20. The lowest BCUT2D eigenvalue weighted by atomic mass is 10.0. The average molecular weight is 647 g/mol. The number of fused-ring (bicyclic) bond motifs is 1. The molecule has 1 saturated heterocycles. The quantitative estimate of drug-likeness (QED) is 0.0925. The molecule has 1 saturated carbocycles. The maximum Gasteiger partial charge on any atom is 0.338 e. The summed E-state index contributed by atoms with van der Waals surface area (Å²) in [5, 5.41) is 88.9. The molecule has 1 aliphatic heterocycles. The van der Waals surface area contributed by atoms with Crippen LogP contribution in [-0.4, -0.2) is 108 Å². The number of methoxy groups -OCH3 is 1. The van der Waals surface area contributed by atoms with Crippen LogP contribution in [-0.2, 0) is 18.9 Å². The van der Waals surface area contributed by atoms with E-state index >= 15 is 0 Å². The van der Waals surface area contributed by atoms with Gasteiger partial charge in [0.1, 0.15) is 37.1 Å². The molecule has 17 heteroatoms. The molecule has 0 aromatic heterocycles. The number of aliphatic hydroxyl groups excluding tert-OH is 1. The van der Waals surface area contributed by atoms with E-state index in [0.717, 1.165) is 36.4 Å². The first-order valence-corrected chi connectivity index (χ1v) is 13.2. The minimum absolute atomic E-state index is 0.271. The van der Waals surface area contributed by atoms with Gasteiger partial charge in [0, 0.05) is 0 Å². The Morgan fingerprint density at radius 2 is 1.09 bits per heavy atom. The zero-order valence-electron chi connectivity index (χ0n) is 23.4. The van der Waals surface area contributed by atoms with Crippen LogP contribution in [0.5, 0.6) is 51.7 Å². The van der Waals surface area contributed by atoms with Gasteiger partial charge in [-0.25, -0.2) is 14.4 Å². The fourth-order valence-corrected chi connectivity index (χ4v) is 4.91. The van der Waals surface area contributed by atoms with Crippen molar-refractivity contribution in [1.29, 1.82) is 0 Å². The Balaban J connectivity index is 1.37. The molecule has 0 spiro atoms. The minimum Gasteiger partial charge on any atom is -0.504 e. The second-order valence-corrected chi connectivity index (χ2v) is 10.3. The van der Waals surface area contributed by atoms with Gasteiger partial charge in [-0.05, 0) is 36.4 Å². The third-order valence-electron chi connectivity index (χ3n) is 7.36. The fraction of sp³-hybridized carbons (Fsp3) is 0.276. The number of esters is 3. The highest BCUT2D eigenvalue weighted by Crippen LogP contribution is 2.49. The number of phenolic OH excluding ortho intramolecular Hbond substituents is 8. The highest BCUT2D eigenvalue weighted by molar-refractivity contribution is 5.92. The summed E-state index contributed by atoms with van der Waals surface area (Å²) >= 11 is 0. The van der Waals surface area contributed by atoms with Crippen LogP contribution in [0.1, 0.15) is 31.1 Å². The lowest BCUT2D eigenvalue weighted by Crippen LogP contribution is -2.49. The predicted molar refractivity (Wildman–Crippen MR) is 146 cm³/mol. The number of rotatable bonds is 8. The first kappa shape index (κ1) is 31.6. The van der Waals surface area contributed by atoms with Gasteiger partial charge in [0.2, 0.25) is 5.75 Å². The average Bonchev–Trinajstić information content (AvgIpc) is 3.70. The van der Waals surface area contributed by atoms with Gasteiger partial charge in [0.05, 0.1) is 29.7 Å². The van der Waals surface area contributed by atoms with Gasteiger partial charge in [-0.1, -0.05) is 0 Å². The van der Waals surface area contributed by atoms with E-state index < -0.39 is 107 Å². The van der Waals surface area contributed by atoms with Crippen molar-refractivity contribution in [3.05, 3.63) is 53.1 Å². The Morgan fingerprint density at radius 3 is 1.59 bits per heavy atom. The molecule has 0 amide bonds. The second-order valence-electron chi connectivity index (χ2n) is 10.3. The molecule has 0 radical (unpaired) electrons. The molecule has 2 fully saturated rings. The standard InChI is InChI=1S/C29H26O17/c1-42-17-7-11(6-16(34)22(17)37)29(41)45-24-19-25(26(19)46-28(40)10-4-14(32)21(36)15(33)5-10)44-18(23(24)38)8-43-27(39)9-2-12(30)20(35)13(31)3-9/h2-7,18-19,23-26,30-38H,8H2,1H3. The molecule has 0 bridgehead atoms. The Labute approximate surface area is 257 Å². The molecular weight excluding hydrogens is 620 g/mol. The number of aliphatic hydroxyl groups is 1. The van der Waals surface area contributed by atoms with Gasteiger partial charge >= 0.3 is 17.9 Å². The molecule has 9 N–H and O–H groups in total. The van der Waals surface area contributed by atoms with E-state index in [1.807, 2.05) is 0 Å². The third-order valence-corrected chi connectivity index (χ3v) is 7.36. The van der Waals surface area contributed by atoms with Crippen molar-refractivity contribution in [2.45, 2.75) is 30.5 Å². The maximum absolute atomic E-state index is 13.1. The van der Waals surface area contributed by atoms with Gasteiger partial charge < -0.3 is 69.6 Å². The minimum atomic E-state index is -1.72. The van der Waals surface area contributed by atoms with E-state index in [1.54, 1.807) is 0 Å². The Hall–Kier alpha value is -5.81. The molecule has 3 aromatic rings. The smallest absolute Gasteiger partial charge is 0.338 e. The summed E-state index contributed by atoms with van der Waals surface area (Å²) in [4.78, 5) is 38.5. The van der Waals surface area contributed by atoms with Crippen LogP contribution in [0.4, 0.5) is 0 Å². The molecule has 1 heterocycles. The number of hydrogen-bond donors (Lipinski definition) is 9. The summed E-state index contributed by atoms with van der Waals surface area (Å²) in [5.41, 5.74) is -1.05. The lowest BCUT2D eigenvalue weighted by molar-refractivity contribution is -0.155. The number of ether oxygens (including phenoxy) is 5. The van der Waals surface area contributed by atoms with Crippen molar-refractivity contribution >= 4 is 17.9 Å². The van der Waals surface area contributed by atoms with Crippen LogP contribution >= 0.6 is 0 Å². The summed E-state index contributed by atoms with van der Waals surface area (Å²) in [7, 11) is 1.17. The molecule has 244 valence electrons. The van der Waals surface area contributed by atoms with E-state index in [0.29, 0.717) is 0 Å². The Morgan fingerprint density at radius 1 is 0.652 bits per heavy atom. The van der Waals surface area contributed by atoms with E-state index in [1.165, 1.54) is 7.11 Å². The zero-order chi connectivity index (χ0) is 33.6. The van der Waals surface area contributed by atoms with E-state index in [9.17, 15) is 60.3 Å². The number of carbonyl (C=O) groups excluding carboxylic acids is 3. The Bertz CT molecular complexity index is 1670. The van der Waals surface area contributed by atoms with E-state index in [4.69, 9.17) is 23.7 Å². The van der Waals surface area contributed by atoms with Crippen LogP contribution in [0.15, 0.2) is 36.4 Å². The fourth-order valence-electron chi connectivity index (χ4n) is 4.91. The van der Waals surface area contributed by atoms with Crippen molar-refractivity contribution in [1.82, 2.24) is 0 Å². The van der Waals surface area contributed by atoms with Gasteiger partial charge in [0.15, 0.2) is 46.0 Å². The molecular formula is C29H26O17. The van der Waals surface area contributed by atoms with Crippen molar-refractivity contribution in [3.63, 3.8) is 0 Å². The molecule has 3 aromatic carbocycles. The number of carbonyl (C=O) groups is 3. The second kappa shape index (κ2) is 11.9. The lowest BCUT2D eigenvalue weighted by Gasteiger charge is -2.33. The summed E-state index contributed by atoms with van der Waals surface area (Å²) in [6.45, 7) is -0.687. The van der Waals surface area contributed by atoms with Gasteiger partial charge in [-0.3, -0.25) is 0 Å². The van der Waals surface area contributed by atoms with Crippen molar-refractivity contribution < 1.29 is 84.0 Å². The summed E-state index contributed by atoms with van der Waals surface area (Å²) in [5.74, 6) is -11.0. The topological polar surface area (TPSA) is 279 Å². The summed E-state index contributed by atoms with van der Waals surface area (Å²) < 4.78 is 26.8. The molecule has 46 heavy (non-hydrogen) atoms. The number of phenols is 8. The maximum atomic E-state index is 13.1. The SMILES string of the molecule is COc1cc(C(=O)OC2C(O)C(COC(=O)c3cc(O)c(O)c(O)c3)OC3C(OC(=O)c4cc(O)c(O)c(O)c4)C23)cc(O)c1O. The van der Waals surface area contributed by atoms with Crippen molar-refractivity contribution in [2.24, 2.45) is 5.92 Å². The summed E-state index contributed by atoms with van der Waals surface area (Å²) in [6, 6.07) is 5.19. The number of hydrogen-bond acceptors (Lipinski definition) is 17. The van der Waals surface area contributed by atoms with E-state index in [-0.39, 0.29) is 22.4 Å². The predicted octanol–water partition coefficient (Wildman–Crippen LogP) is 0.706. The number of benzene rings is 3. The monoisotopic (exact) mass is 646 g/mol. The van der Waals surface area contributed by atoms with Gasteiger partial charge in [0.25, 0.3) is 0 Å². The molecule has 1 aliphatic carbocycles. The van der Waals surface area contributed by atoms with Crippen LogP contribution in [0.2, 0.25) is 0 Å². The van der Waals surface area contributed by atoms with Crippen molar-refractivity contribution in [3.8, 4) is 51.7 Å². The van der Waals surface area contributed by atoms with Crippen LogP contribution < -0.4 is 4.74 Å². The van der Waals surface area contributed by atoms with Gasteiger partial charge in [-0.2, -0.15) is 0 Å². The van der Waals surface area contributed by atoms with E-state index in [2.05, 4.69) is 0 Å². The highest BCUT2D eigenvalue weighted by Gasteiger charge is 2.67.